The number of fused-ring (bicyclic) bond motifs is 1. The normalized spacial score (nSPS) is 30.2. The monoisotopic (exact) mass is 277 g/mol. The van der Waals surface area contributed by atoms with E-state index >= 15 is 0 Å². The zero-order valence-corrected chi connectivity index (χ0v) is 11.7. The van der Waals surface area contributed by atoms with Gasteiger partial charge in [0.1, 0.15) is 5.82 Å². The molecule has 108 valence electrons. The number of carboxylic acid groups (broad SMARTS) is 1. The van der Waals surface area contributed by atoms with Gasteiger partial charge < -0.3 is 5.11 Å². The first-order valence-corrected chi connectivity index (χ1v) is 7.33. The van der Waals surface area contributed by atoms with Crippen LogP contribution in [0.2, 0.25) is 0 Å². The highest BCUT2D eigenvalue weighted by Crippen LogP contribution is 2.40. The molecule has 0 bridgehead atoms. The summed E-state index contributed by atoms with van der Waals surface area (Å²) in [4.78, 5) is 13.5. The van der Waals surface area contributed by atoms with Crippen LogP contribution in [0.5, 0.6) is 0 Å². The number of nitrogens with zero attached hydrogens (tertiary/aromatic N) is 1. The van der Waals surface area contributed by atoms with Crippen molar-refractivity contribution in [2.45, 2.75) is 44.7 Å². The predicted molar refractivity (Wildman–Crippen MR) is 74.0 cm³/mol. The Labute approximate surface area is 118 Å². The molecule has 3 unspecified atom stereocenters. The zero-order valence-electron chi connectivity index (χ0n) is 11.7. The van der Waals surface area contributed by atoms with Gasteiger partial charge in [-0.3, -0.25) is 9.69 Å². The molecule has 1 fully saturated rings. The van der Waals surface area contributed by atoms with Crippen LogP contribution in [0.1, 0.15) is 43.4 Å². The van der Waals surface area contributed by atoms with E-state index in [1.807, 2.05) is 6.07 Å². The SMILES string of the molecule is CC1CC(C(=O)O)CCN1C1CCc2c(F)cccc21. The summed E-state index contributed by atoms with van der Waals surface area (Å²) in [6.45, 7) is 2.88. The first-order chi connectivity index (χ1) is 9.58. The molecule has 20 heavy (non-hydrogen) atoms. The number of aliphatic carboxylic acids is 1. The van der Waals surface area contributed by atoms with Gasteiger partial charge in [0.25, 0.3) is 0 Å². The maximum absolute atomic E-state index is 13.8. The van der Waals surface area contributed by atoms with Crippen molar-refractivity contribution in [1.29, 1.82) is 0 Å². The van der Waals surface area contributed by atoms with Crippen molar-refractivity contribution in [2.75, 3.05) is 6.54 Å². The zero-order chi connectivity index (χ0) is 14.3. The maximum atomic E-state index is 13.8. The second-order valence-electron chi connectivity index (χ2n) is 6.01. The standard InChI is InChI=1S/C16H20FNO2/c1-10-9-11(16(19)20)7-8-18(10)15-6-5-12-13(15)3-2-4-14(12)17/h2-4,10-11,15H,5-9H2,1H3,(H,19,20). The smallest absolute Gasteiger partial charge is 0.306 e. The van der Waals surface area contributed by atoms with Gasteiger partial charge in [0.05, 0.1) is 5.92 Å². The van der Waals surface area contributed by atoms with Gasteiger partial charge in [-0.15, -0.1) is 0 Å². The summed E-state index contributed by atoms with van der Waals surface area (Å²) in [5, 5.41) is 9.13. The summed E-state index contributed by atoms with van der Waals surface area (Å²) in [5.41, 5.74) is 1.95. The molecule has 1 heterocycles. The van der Waals surface area contributed by atoms with Gasteiger partial charge in [0.2, 0.25) is 0 Å². The van der Waals surface area contributed by atoms with Gasteiger partial charge in [-0.2, -0.15) is 0 Å². The second kappa shape index (κ2) is 5.17. The molecule has 0 saturated carbocycles. The topological polar surface area (TPSA) is 40.5 Å². The number of carboxylic acids is 1. The highest BCUT2D eigenvalue weighted by molar-refractivity contribution is 5.70. The number of benzene rings is 1. The van der Waals surface area contributed by atoms with Crippen LogP contribution in [0, 0.1) is 11.7 Å². The Morgan fingerprint density at radius 3 is 2.90 bits per heavy atom. The van der Waals surface area contributed by atoms with Crippen LogP contribution in [-0.2, 0) is 11.2 Å². The van der Waals surface area contributed by atoms with Crippen LogP contribution in [0.3, 0.4) is 0 Å². The molecule has 0 radical (unpaired) electrons. The Hall–Kier alpha value is -1.42. The molecule has 1 N–H and O–H groups in total. The molecule has 0 spiro atoms. The molecule has 3 atom stereocenters. The fourth-order valence-electron chi connectivity index (χ4n) is 3.81. The van der Waals surface area contributed by atoms with Crippen molar-refractivity contribution < 1.29 is 14.3 Å². The van der Waals surface area contributed by atoms with Crippen LogP contribution in [0.25, 0.3) is 0 Å². The third kappa shape index (κ3) is 2.22. The first kappa shape index (κ1) is 13.6. The Kier molecular flexibility index (Phi) is 3.50. The van der Waals surface area contributed by atoms with E-state index in [4.69, 9.17) is 5.11 Å². The minimum atomic E-state index is -0.686. The number of hydrogen-bond acceptors (Lipinski definition) is 2. The second-order valence-corrected chi connectivity index (χ2v) is 6.01. The van der Waals surface area contributed by atoms with Gasteiger partial charge >= 0.3 is 5.97 Å². The Morgan fingerprint density at radius 2 is 2.20 bits per heavy atom. The van der Waals surface area contributed by atoms with Crippen LogP contribution < -0.4 is 0 Å². The minimum Gasteiger partial charge on any atom is -0.481 e. The quantitative estimate of drug-likeness (QED) is 0.903. The van der Waals surface area contributed by atoms with E-state index < -0.39 is 5.97 Å². The lowest BCUT2D eigenvalue weighted by atomic mass is 9.89. The minimum absolute atomic E-state index is 0.0990. The molecule has 0 aromatic heterocycles. The van der Waals surface area contributed by atoms with E-state index in [2.05, 4.69) is 11.8 Å². The van der Waals surface area contributed by atoms with Crippen molar-refractivity contribution in [3.63, 3.8) is 0 Å². The van der Waals surface area contributed by atoms with Crippen molar-refractivity contribution >= 4 is 5.97 Å². The number of carbonyl (C=O) groups is 1. The maximum Gasteiger partial charge on any atom is 0.306 e. The molecule has 1 saturated heterocycles. The van der Waals surface area contributed by atoms with Gasteiger partial charge in [-0.05, 0) is 56.3 Å². The lowest BCUT2D eigenvalue weighted by Gasteiger charge is -2.40. The summed E-state index contributed by atoms with van der Waals surface area (Å²) >= 11 is 0. The summed E-state index contributed by atoms with van der Waals surface area (Å²) in [6.07, 6.45) is 3.12. The van der Waals surface area contributed by atoms with E-state index in [9.17, 15) is 9.18 Å². The molecule has 0 amide bonds. The van der Waals surface area contributed by atoms with E-state index in [0.29, 0.717) is 12.8 Å². The fourth-order valence-corrected chi connectivity index (χ4v) is 3.81. The van der Waals surface area contributed by atoms with Gasteiger partial charge in [0, 0.05) is 12.1 Å². The Morgan fingerprint density at radius 1 is 1.40 bits per heavy atom. The lowest BCUT2D eigenvalue weighted by Crippen LogP contribution is -2.44. The molecule has 4 heteroatoms. The number of rotatable bonds is 2. The summed E-state index contributed by atoms with van der Waals surface area (Å²) in [5.74, 6) is -1.01. The molecule has 1 aliphatic heterocycles. The fraction of sp³-hybridized carbons (Fsp3) is 0.562. The summed E-state index contributed by atoms with van der Waals surface area (Å²) in [6, 6.07) is 5.82. The van der Waals surface area contributed by atoms with Crippen molar-refractivity contribution in [3.8, 4) is 0 Å². The van der Waals surface area contributed by atoms with E-state index in [-0.39, 0.29) is 23.8 Å². The van der Waals surface area contributed by atoms with E-state index in [1.165, 1.54) is 6.07 Å². The molecule has 1 aliphatic carbocycles. The predicted octanol–water partition coefficient (Wildman–Crippen LogP) is 3.00. The lowest BCUT2D eigenvalue weighted by molar-refractivity contribution is -0.144. The Bertz CT molecular complexity index is 531. The van der Waals surface area contributed by atoms with Crippen LogP contribution in [-0.4, -0.2) is 28.6 Å². The van der Waals surface area contributed by atoms with Crippen LogP contribution in [0.4, 0.5) is 4.39 Å². The molecular weight excluding hydrogens is 257 g/mol. The number of halogens is 1. The summed E-state index contributed by atoms with van der Waals surface area (Å²) < 4.78 is 13.8. The molecular formula is C16H20FNO2. The third-order valence-corrected chi connectivity index (χ3v) is 4.86. The molecule has 2 aliphatic rings. The van der Waals surface area contributed by atoms with Gasteiger partial charge in [-0.25, -0.2) is 4.39 Å². The average molecular weight is 277 g/mol. The highest BCUT2D eigenvalue weighted by Gasteiger charge is 2.37. The van der Waals surface area contributed by atoms with Gasteiger partial charge in [-0.1, -0.05) is 12.1 Å². The number of likely N-dealkylation sites (tertiary alicyclic amines) is 1. The summed E-state index contributed by atoms with van der Waals surface area (Å²) in [7, 11) is 0. The molecule has 3 rings (SSSR count). The molecule has 1 aromatic carbocycles. The van der Waals surface area contributed by atoms with Crippen molar-refractivity contribution in [2.24, 2.45) is 5.92 Å². The largest absolute Gasteiger partial charge is 0.481 e. The number of piperidine rings is 1. The third-order valence-electron chi connectivity index (χ3n) is 4.86. The van der Waals surface area contributed by atoms with E-state index in [0.717, 1.165) is 30.5 Å². The van der Waals surface area contributed by atoms with Crippen molar-refractivity contribution in [3.05, 3.63) is 35.1 Å². The number of hydrogen-bond donors (Lipinski definition) is 1. The van der Waals surface area contributed by atoms with Gasteiger partial charge in [0.15, 0.2) is 0 Å². The van der Waals surface area contributed by atoms with Crippen LogP contribution >= 0.6 is 0 Å². The average Bonchev–Trinajstić information content (AvgIpc) is 2.84. The Balaban J connectivity index is 1.80. The first-order valence-electron chi connectivity index (χ1n) is 7.33. The van der Waals surface area contributed by atoms with Crippen LogP contribution in [0.15, 0.2) is 18.2 Å². The van der Waals surface area contributed by atoms with Crippen molar-refractivity contribution in [1.82, 2.24) is 4.90 Å². The molecule has 1 aromatic rings. The van der Waals surface area contributed by atoms with E-state index in [1.54, 1.807) is 6.07 Å². The molecule has 3 nitrogen and oxygen atoms in total. The highest BCUT2D eigenvalue weighted by atomic mass is 19.1.